The molecule has 1 atom stereocenters. The molecule has 168 valence electrons. The fourth-order valence-electron chi connectivity index (χ4n) is 3.39. The van der Waals surface area contributed by atoms with Crippen molar-refractivity contribution in [1.29, 1.82) is 0 Å². The summed E-state index contributed by atoms with van der Waals surface area (Å²) < 4.78 is 31.7. The Morgan fingerprint density at radius 3 is 2.61 bits per heavy atom. The molecular formula is C19H23N3O8S. The number of benzene rings is 1. The number of fused-ring (bicyclic) bond motifs is 1. The fourth-order valence-corrected chi connectivity index (χ4v) is 3.81. The van der Waals surface area contributed by atoms with E-state index in [0.717, 1.165) is 11.2 Å². The number of imide groups is 2. The molecule has 2 N–H and O–H groups in total. The Bertz CT molecular complexity index is 1010. The van der Waals surface area contributed by atoms with E-state index in [4.69, 9.17) is 4.74 Å². The van der Waals surface area contributed by atoms with Gasteiger partial charge >= 0.3 is 0 Å². The van der Waals surface area contributed by atoms with Crippen molar-refractivity contribution in [3.05, 3.63) is 29.3 Å². The first kappa shape index (κ1) is 22.8. The highest BCUT2D eigenvalue weighted by Gasteiger charge is 2.45. The summed E-state index contributed by atoms with van der Waals surface area (Å²) >= 11 is 0. The molecule has 1 fully saturated rings. The number of hydrogen-bond acceptors (Lipinski definition) is 9. The molecule has 4 amide bonds. The summed E-state index contributed by atoms with van der Waals surface area (Å²) in [6, 6.07) is 3.78. The molecule has 0 radical (unpaired) electrons. The Labute approximate surface area is 179 Å². The van der Waals surface area contributed by atoms with Gasteiger partial charge in [-0.2, -0.15) is 8.42 Å². The van der Waals surface area contributed by atoms with Crippen LogP contribution in [0.15, 0.2) is 18.2 Å². The summed E-state index contributed by atoms with van der Waals surface area (Å²) in [7, 11) is -3.47. The van der Waals surface area contributed by atoms with Crippen molar-refractivity contribution >= 4 is 39.4 Å². The monoisotopic (exact) mass is 453 g/mol. The number of hydrogen-bond donors (Lipinski definition) is 2. The lowest BCUT2D eigenvalue weighted by molar-refractivity contribution is -0.136. The quantitative estimate of drug-likeness (QED) is 0.281. The molecule has 11 nitrogen and oxygen atoms in total. The maximum atomic E-state index is 12.9. The summed E-state index contributed by atoms with van der Waals surface area (Å²) in [5.74, 6) is -2.24. The predicted octanol–water partition coefficient (Wildman–Crippen LogP) is -0.117. The number of nitrogens with zero attached hydrogens (tertiary/aromatic N) is 1. The third kappa shape index (κ3) is 5.46. The number of piperidine rings is 1. The Hall–Kier alpha value is -2.83. The Morgan fingerprint density at radius 2 is 1.90 bits per heavy atom. The van der Waals surface area contributed by atoms with Gasteiger partial charge in [-0.25, -0.2) is 0 Å². The van der Waals surface area contributed by atoms with Crippen molar-refractivity contribution in [2.75, 3.05) is 37.9 Å². The van der Waals surface area contributed by atoms with Gasteiger partial charge in [-0.05, 0) is 25.0 Å². The van der Waals surface area contributed by atoms with E-state index in [2.05, 4.69) is 14.8 Å². The molecule has 2 heterocycles. The summed E-state index contributed by atoms with van der Waals surface area (Å²) in [4.78, 5) is 50.1. The van der Waals surface area contributed by atoms with Crippen LogP contribution in [0.3, 0.4) is 0 Å². The number of rotatable bonds is 10. The van der Waals surface area contributed by atoms with Crippen molar-refractivity contribution in [1.82, 2.24) is 10.2 Å². The molecule has 0 saturated carbocycles. The molecule has 0 aliphatic carbocycles. The minimum absolute atomic E-state index is 0.0330. The van der Waals surface area contributed by atoms with Gasteiger partial charge in [0, 0.05) is 25.3 Å². The zero-order chi connectivity index (χ0) is 22.6. The van der Waals surface area contributed by atoms with Crippen LogP contribution in [-0.2, 0) is 28.6 Å². The minimum Gasteiger partial charge on any atom is -0.382 e. The van der Waals surface area contributed by atoms with E-state index in [1.165, 1.54) is 6.07 Å². The standard InChI is InChI=1S/C19H23N3O8S/c1-31(27,28)30-10-3-9-29-11-8-20-13-5-2-4-12-16(13)19(26)22(18(12)25)14-6-7-15(23)21-17(14)24/h2,4-5,14,20H,3,6-11H2,1H3,(H,21,23,24). The molecule has 1 aromatic carbocycles. The Kier molecular flexibility index (Phi) is 7.03. The summed E-state index contributed by atoms with van der Waals surface area (Å²) in [6.07, 6.45) is 1.53. The van der Waals surface area contributed by atoms with E-state index in [9.17, 15) is 27.6 Å². The second kappa shape index (κ2) is 9.54. The molecule has 2 aliphatic rings. The van der Waals surface area contributed by atoms with Crippen LogP contribution in [0, 0.1) is 0 Å². The summed E-state index contributed by atoms with van der Waals surface area (Å²) in [5.41, 5.74) is 0.812. The van der Waals surface area contributed by atoms with E-state index in [1.54, 1.807) is 12.1 Å². The molecule has 3 rings (SSSR count). The van der Waals surface area contributed by atoms with Gasteiger partial charge in [0.1, 0.15) is 6.04 Å². The van der Waals surface area contributed by atoms with Crippen LogP contribution in [0.5, 0.6) is 0 Å². The average molecular weight is 453 g/mol. The number of amides is 4. The maximum Gasteiger partial charge on any atom is 0.264 e. The normalized spacial score (nSPS) is 18.9. The van der Waals surface area contributed by atoms with Gasteiger partial charge in [0.15, 0.2) is 0 Å². The molecule has 0 aromatic heterocycles. The molecule has 31 heavy (non-hydrogen) atoms. The number of carbonyl (C=O) groups excluding carboxylic acids is 4. The highest BCUT2D eigenvalue weighted by molar-refractivity contribution is 7.85. The summed E-state index contributed by atoms with van der Waals surface area (Å²) in [6.45, 7) is 0.945. The van der Waals surface area contributed by atoms with Gasteiger partial charge in [-0.3, -0.25) is 33.6 Å². The third-order valence-corrected chi connectivity index (χ3v) is 5.36. The van der Waals surface area contributed by atoms with E-state index in [0.29, 0.717) is 25.3 Å². The molecule has 0 spiro atoms. The van der Waals surface area contributed by atoms with Crippen LogP contribution in [-0.4, -0.2) is 75.6 Å². The van der Waals surface area contributed by atoms with Crippen LogP contribution in [0.4, 0.5) is 5.69 Å². The Balaban J connectivity index is 1.56. The average Bonchev–Trinajstić information content (AvgIpc) is 2.95. The first-order valence-electron chi connectivity index (χ1n) is 9.69. The number of anilines is 1. The van der Waals surface area contributed by atoms with Gasteiger partial charge in [0.05, 0.1) is 30.6 Å². The number of carbonyl (C=O) groups is 4. The van der Waals surface area contributed by atoms with Gasteiger partial charge in [-0.1, -0.05) is 6.07 Å². The smallest absolute Gasteiger partial charge is 0.264 e. The predicted molar refractivity (Wildman–Crippen MR) is 108 cm³/mol. The van der Waals surface area contributed by atoms with Gasteiger partial charge in [-0.15, -0.1) is 0 Å². The molecule has 1 saturated heterocycles. The zero-order valence-electron chi connectivity index (χ0n) is 16.9. The van der Waals surface area contributed by atoms with Crippen LogP contribution < -0.4 is 10.6 Å². The van der Waals surface area contributed by atoms with Crippen molar-refractivity contribution in [3.63, 3.8) is 0 Å². The van der Waals surface area contributed by atoms with Gasteiger partial charge in [0.25, 0.3) is 21.9 Å². The van der Waals surface area contributed by atoms with Crippen LogP contribution in [0.1, 0.15) is 40.0 Å². The van der Waals surface area contributed by atoms with E-state index < -0.39 is 39.8 Å². The van der Waals surface area contributed by atoms with Crippen molar-refractivity contribution in [2.24, 2.45) is 0 Å². The fraction of sp³-hybridized carbons (Fsp3) is 0.474. The Morgan fingerprint density at radius 1 is 1.13 bits per heavy atom. The lowest BCUT2D eigenvalue weighted by Gasteiger charge is -2.27. The first-order valence-corrected chi connectivity index (χ1v) is 11.5. The van der Waals surface area contributed by atoms with Crippen LogP contribution in [0.2, 0.25) is 0 Å². The second-order valence-electron chi connectivity index (χ2n) is 7.09. The lowest BCUT2D eigenvalue weighted by atomic mass is 10.0. The van der Waals surface area contributed by atoms with E-state index in [-0.39, 0.29) is 37.2 Å². The second-order valence-corrected chi connectivity index (χ2v) is 8.74. The molecule has 1 aromatic rings. The van der Waals surface area contributed by atoms with Gasteiger partial charge in [0.2, 0.25) is 11.8 Å². The third-order valence-electron chi connectivity index (χ3n) is 4.76. The molecule has 1 unspecified atom stereocenters. The molecular weight excluding hydrogens is 430 g/mol. The zero-order valence-corrected chi connectivity index (χ0v) is 17.7. The first-order chi connectivity index (χ1) is 14.7. The number of ether oxygens (including phenoxy) is 1. The van der Waals surface area contributed by atoms with E-state index in [1.807, 2.05) is 0 Å². The summed E-state index contributed by atoms with van der Waals surface area (Å²) in [5, 5.41) is 5.21. The number of nitrogens with one attached hydrogen (secondary N) is 2. The lowest BCUT2D eigenvalue weighted by Crippen LogP contribution is -2.54. The van der Waals surface area contributed by atoms with E-state index >= 15 is 0 Å². The maximum absolute atomic E-state index is 12.9. The highest BCUT2D eigenvalue weighted by atomic mass is 32.2. The SMILES string of the molecule is CS(=O)(=O)OCCCOCCNc1cccc2c1C(=O)N(C1CCC(=O)NC1=O)C2=O. The van der Waals surface area contributed by atoms with Crippen LogP contribution >= 0.6 is 0 Å². The van der Waals surface area contributed by atoms with Crippen LogP contribution in [0.25, 0.3) is 0 Å². The van der Waals surface area contributed by atoms with Crippen molar-refractivity contribution < 1.29 is 36.5 Å². The molecule has 2 aliphatic heterocycles. The largest absolute Gasteiger partial charge is 0.382 e. The van der Waals surface area contributed by atoms with Crippen molar-refractivity contribution in [2.45, 2.75) is 25.3 Å². The molecule has 12 heteroatoms. The topological polar surface area (TPSA) is 148 Å². The minimum atomic E-state index is -3.47. The van der Waals surface area contributed by atoms with Crippen molar-refractivity contribution in [3.8, 4) is 0 Å². The molecule has 0 bridgehead atoms. The van der Waals surface area contributed by atoms with Gasteiger partial charge < -0.3 is 10.1 Å². The highest BCUT2D eigenvalue weighted by Crippen LogP contribution is 2.32.